The maximum absolute atomic E-state index is 8.58. The summed E-state index contributed by atoms with van der Waals surface area (Å²) in [5.74, 6) is 0. The summed E-state index contributed by atoms with van der Waals surface area (Å²) in [6, 6.07) is 6.15. The van der Waals surface area contributed by atoms with Crippen LogP contribution in [-0.2, 0) is 6.54 Å². The van der Waals surface area contributed by atoms with E-state index in [2.05, 4.69) is 29.5 Å². The van der Waals surface area contributed by atoms with Crippen LogP contribution in [0.5, 0.6) is 0 Å². The SMILES string of the molecule is Cc1cc(CNO)cc2cc[nH]c12. The molecular weight excluding hydrogens is 164 g/mol. The van der Waals surface area contributed by atoms with Gasteiger partial charge in [0.1, 0.15) is 0 Å². The molecule has 0 aliphatic rings. The Labute approximate surface area is 76.4 Å². The van der Waals surface area contributed by atoms with E-state index in [1.54, 1.807) is 0 Å². The van der Waals surface area contributed by atoms with Crippen LogP contribution in [0.1, 0.15) is 11.1 Å². The molecule has 0 amide bonds. The molecule has 2 rings (SSSR count). The second kappa shape index (κ2) is 3.20. The Morgan fingerprint density at radius 2 is 2.31 bits per heavy atom. The van der Waals surface area contributed by atoms with Gasteiger partial charge < -0.3 is 10.2 Å². The van der Waals surface area contributed by atoms with Gasteiger partial charge >= 0.3 is 0 Å². The lowest BCUT2D eigenvalue weighted by Crippen LogP contribution is -2.05. The molecule has 0 unspecified atom stereocenters. The molecule has 0 aliphatic carbocycles. The van der Waals surface area contributed by atoms with Crippen LogP contribution in [0.25, 0.3) is 10.9 Å². The van der Waals surface area contributed by atoms with Crippen LogP contribution >= 0.6 is 0 Å². The van der Waals surface area contributed by atoms with Crippen LogP contribution in [-0.4, -0.2) is 10.2 Å². The van der Waals surface area contributed by atoms with Crippen molar-refractivity contribution in [1.82, 2.24) is 10.5 Å². The molecule has 0 atom stereocenters. The maximum Gasteiger partial charge on any atom is 0.0483 e. The van der Waals surface area contributed by atoms with E-state index in [1.165, 1.54) is 16.5 Å². The second-order valence-corrected chi connectivity index (χ2v) is 3.19. The molecule has 0 fully saturated rings. The quantitative estimate of drug-likeness (QED) is 0.612. The van der Waals surface area contributed by atoms with E-state index in [0.29, 0.717) is 6.54 Å². The summed E-state index contributed by atoms with van der Waals surface area (Å²) in [6.45, 7) is 2.54. The molecule has 0 saturated carbocycles. The molecule has 68 valence electrons. The van der Waals surface area contributed by atoms with Crippen LogP contribution in [0, 0.1) is 6.92 Å². The number of benzene rings is 1. The monoisotopic (exact) mass is 176 g/mol. The van der Waals surface area contributed by atoms with Gasteiger partial charge in [0, 0.05) is 18.3 Å². The number of fused-ring (bicyclic) bond motifs is 1. The largest absolute Gasteiger partial charge is 0.361 e. The second-order valence-electron chi connectivity index (χ2n) is 3.19. The van der Waals surface area contributed by atoms with Gasteiger partial charge in [0.25, 0.3) is 0 Å². The highest BCUT2D eigenvalue weighted by Crippen LogP contribution is 2.18. The van der Waals surface area contributed by atoms with Crippen LogP contribution in [0.2, 0.25) is 0 Å². The van der Waals surface area contributed by atoms with Crippen LogP contribution < -0.4 is 5.48 Å². The standard InChI is InChI=1S/C10H12N2O/c1-7-4-8(6-12-13)5-9-2-3-11-10(7)9/h2-5,11-13H,6H2,1H3. The molecule has 0 saturated heterocycles. The Morgan fingerprint density at radius 3 is 3.08 bits per heavy atom. The first kappa shape index (κ1) is 8.29. The Kier molecular flexibility index (Phi) is 2.04. The molecule has 0 bridgehead atoms. The number of aromatic nitrogens is 1. The number of H-pyrrole nitrogens is 1. The smallest absolute Gasteiger partial charge is 0.0483 e. The number of aryl methyl sites for hydroxylation is 1. The fraction of sp³-hybridized carbons (Fsp3) is 0.200. The lowest BCUT2D eigenvalue weighted by atomic mass is 10.1. The first-order valence-electron chi connectivity index (χ1n) is 4.25. The summed E-state index contributed by atoms with van der Waals surface area (Å²) in [7, 11) is 0. The summed E-state index contributed by atoms with van der Waals surface area (Å²) < 4.78 is 0. The molecule has 1 aromatic carbocycles. The molecule has 1 heterocycles. The molecule has 13 heavy (non-hydrogen) atoms. The fourth-order valence-electron chi connectivity index (χ4n) is 1.63. The van der Waals surface area contributed by atoms with E-state index in [9.17, 15) is 0 Å². The number of nitrogens with one attached hydrogen (secondary N) is 2. The molecule has 2 aromatic rings. The van der Waals surface area contributed by atoms with Crippen molar-refractivity contribution in [2.45, 2.75) is 13.5 Å². The van der Waals surface area contributed by atoms with Gasteiger partial charge in [-0.2, -0.15) is 0 Å². The third kappa shape index (κ3) is 1.43. The molecular formula is C10H12N2O. The summed E-state index contributed by atoms with van der Waals surface area (Å²) in [4.78, 5) is 3.17. The highest BCUT2D eigenvalue weighted by molar-refractivity contribution is 5.83. The topological polar surface area (TPSA) is 48.0 Å². The normalized spacial score (nSPS) is 10.9. The van der Waals surface area contributed by atoms with Crippen molar-refractivity contribution in [2.24, 2.45) is 0 Å². The highest BCUT2D eigenvalue weighted by atomic mass is 16.5. The maximum atomic E-state index is 8.58. The van der Waals surface area contributed by atoms with E-state index in [4.69, 9.17) is 5.21 Å². The first-order valence-corrected chi connectivity index (χ1v) is 4.25. The zero-order chi connectivity index (χ0) is 9.26. The van der Waals surface area contributed by atoms with Crippen molar-refractivity contribution >= 4 is 10.9 Å². The van der Waals surface area contributed by atoms with E-state index in [1.807, 2.05) is 12.3 Å². The molecule has 3 N–H and O–H groups in total. The van der Waals surface area contributed by atoms with Crippen molar-refractivity contribution in [1.29, 1.82) is 0 Å². The van der Waals surface area contributed by atoms with E-state index >= 15 is 0 Å². The number of rotatable bonds is 2. The van der Waals surface area contributed by atoms with Gasteiger partial charge in [-0.05, 0) is 35.6 Å². The summed E-state index contributed by atoms with van der Waals surface area (Å²) in [6.07, 6.45) is 1.92. The van der Waals surface area contributed by atoms with Crippen molar-refractivity contribution in [3.05, 3.63) is 35.5 Å². The molecule has 0 spiro atoms. The van der Waals surface area contributed by atoms with Gasteiger partial charge in [-0.3, -0.25) is 0 Å². The van der Waals surface area contributed by atoms with Gasteiger partial charge in [0.15, 0.2) is 0 Å². The van der Waals surface area contributed by atoms with Crippen molar-refractivity contribution < 1.29 is 5.21 Å². The molecule has 3 heteroatoms. The van der Waals surface area contributed by atoms with Gasteiger partial charge in [0.05, 0.1) is 0 Å². The van der Waals surface area contributed by atoms with Gasteiger partial charge in [-0.15, -0.1) is 0 Å². The zero-order valence-corrected chi connectivity index (χ0v) is 7.46. The minimum Gasteiger partial charge on any atom is -0.361 e. The highest BCUT2D eigenvalue weighted by Gasteiger charge is 2.00. The molecule has 3 nitrogen and oxygen atoms in total. The Balaban J connectivity index is 2.56. The number of hydrogen-bond acceptors (Lipinski definition) is 2. The van der Waals surface area contributed by atoms with E-state index in [-0.39, 0.29) is 0 Å². The summed E-state index contributed by atoms with van der Waals surface area (Å²) in [5, 5.41) is 9.76. The third-order valence-corrected chi connectivity index (χ3v) is 2.20. The van der Waals surface area contributed by atoms with Crippen molar-refractivity contribution in [2.75, 3.05) is 0 Å². The zero-order valence-electron chi connectivity index (χ0n) is 7.46. The average molecular weight is 176 g/mol. The predicted octanol–water partition coefficient (Wildman–Crippen LogP) is 1.96. The average Bonchev–Trinajstić information content (AvgIpc) is 2.53. The Hall–Kier alpha value is -1.32. The molecule has 0 aliphatic heterocycles. The summed E-state index contributed by atoms with van der Waals surface area (Å²) in [5.41, 5.74) is 5.62. The van der Waals surface area contributed by atoms with Gasteiger partial charge in [-0.25, -0.2) is 5.48 Å². The lowest BCUT2D eigenvalue weighted by Gasteiger charge is -2.02. The van der Waals surface area contributed by atoms with E-state index in [0.717, 1.165) is 5.56 Å². The van der Waals surface area contributed by atoms with E-state index < -0.39 is 0 Å². The number of hydroxylamine groups is 1. The summed E-state index contributed by atoms with van der Waals surface area (Å²) >= 11 is 0. The minimum atomic E-state index is 0.488. The van der Waals surface area contributed by atoms with Gasteiger partial charge in [-0.1, -0.05) is 6.07 Å². The van der Waals surface area contributed by atoms with Crippen molar-refractivity contribution in [3.8, 4) is 0 Å². The molecule has 0 radical (unpaired) electrons. The third-order valence-electron chi connectivity index (χ3n) is 2.20. The van der Waals surface area contributed by atoms with Crippen LogP contribution in [0.3, 0.4) is 0 Å². The number of aromatic amines is 1. The van der Waals surface area contributed by atoms with Gasteiger partial charge in [0.2, 0.25) is 0 Å². The van der Waals surface area contributed by atoms with Crippen LogP contribution in [0.15, 0.2) is 24.4 Å². The predicted molar refractivity (Wildman–Crippen MR) is 51.7 cm³/mol. The van der Waals surface area contributed by atoms with Crippen molar-refractivity contribution in [3.63, 3.8) is 0 Å². The Morgan fingerprint density at radius 1 is 1.46 bits per heavy atom. The fourth-order valence-corrected chi connectivity index (χ4v) is 1.63. The minimum absolute atomic E-state index is 0.488. The first-order chi connectivity index (χ1) is 6.31. The molecule has 1 aromatic heterocycles. The number of hydrogen-bond donors (Lipinski definition) is 3. The Bertz CT molecular complexity index is 420. The lowest BCUT2D eigenvalue weighted by molar-refractivity contribution is 0.161. The van der Waals surface area contributed by atoms with Crippen LogP contribution in [0.4, 0.5) is 0 Å².